The van der Waals surface area contributed by atoms with Crippen LogP contribution in [0.2, 0.25) is 0 Å². The summed E-state index contributed by atoms with van der Waals surface area (Å²) in [6.07, 6.45) is 1.53. The molecule has 0 bridgehead atoms. The number of hydrogen-bond acceptors (Lipinski definition) is 4. The van der Waals surface area contributed by atoms with E-state index in [1.165, 1.54) is 11.8 Å². The fraction of sp³-hybridized carbons (Fsp3) is 0.125. The number of carbonyl (C=O) groups excluding carboxylic acids is 1. The molecule has 1 amide bonds. The van der Waals surface area contributed by atoms with Crippen LogP contribution in [0.1, 0.15) is 11.1 Å². The molecule has 0 aliphatic carbocycles. The molecule has 0 fully saturated rings. The number of nitrogens with one attached hydrogen (secondary N) is 2. The Morgan fingerprint density at radius 3 is 2.68 bits per heavy atom. The molecule has 6 heteroatoms. The molecule has 0 spiro atoms. The molecule has 2 aromatic carbocycles. The van der Waals surface area contributed by atoms with Gasteiger partial charge in [0, 0.05) is 5.69 Å². The molecular weight excluding hydrogens is 393 g/mol. The molecule has 0 aromatic heterocycles. The maximum atomic E-state index is 11.7. The molecule has 22 heavy (non-hydrogen) atoms. The number of halogens is 1. The summed E-state index contributed by atoms with van der Waals surface area (Å²) in [4.78, 5) is 11.7. The Hall–Kier alpha value is -2.09. The van der Waals surface area contributed by atoms with E-state index < -0.39 is 0 Å². The van der Waals surface area contributed by atoms with Gasteiger partial charge in [0.05, 0.1) is 16.3 Å². The van der Waals surface area contributed by atoms with Gasteiger partial charge in [0.2, 0.25) is 0 Å². The topological polar surface area (TPSA) is 73.7 Å². The number of aryl methyl sites for hydroxylation is 1. The Balaban J connectivity index is 1.80. The van der Waals surface area contributed by atoms with E-state index in [-0.39, 0.29) is 18.2 Å². The van der Waals surface area contributed by atoms with E-state index in [9.17, 15) is 9.90 Å². The van der Waals surface area contributed by atoms with Crippen LogP contribution in [0, 0.1) is 10.5 Å². The van der Waals surface area contributed by atoms with Crippen molar-refractivity contribution >= 4 is 40.4 Å². The predicted octanol–water partition coefficient (Wildman–Crippen LogP) is 2.87. The summed E-state index contributed by atoms with van der Waals surface area (Å²) in [6.45, 7) is 2.16. The minimum absolute atomic E-state index is 0.146. The molecule has 0 aliphatic heterocycles. The number of amides is 1. The second kappa shape index (κ2) is 7.79. The highest BCUT2D eigenvalue weighted by molar-refractivity contribution is 14.1. The van der Waals surface area contributed by atoms with Crippen LogP contribution in [-0.2, 0) is 4.79 Å². The first-order chi connectivity index (χ1) is 10.5. The van der Waals surface area contributed by atoms with Crippen molar-refractivity contribution in [3.63, 3.8) is 0 Å². The molecule has 2 rings (SSSR count). The van der Waals surface area contributed by atoms with E-state index >= 15 is 0 Å². The van der Waals surface area contributed by atoms with Crippen LogP contribution in [0.4, 0.5) is 5.69 Å². The lowest BCUT2D eigenvalue weighted by atomic mass is 10.2. The molecule has 5 nitrogen and oxygen atoms in total. The van der Waals surface area contributed by atoms with Gasteiger partial charge in [-0.2, -0.15) is 5.10 Å². The van der Waals surface area contributed by atoms with E-state index in [1.54, 1.807) is 18.2 Å². The number of phenolic OH excluding ortho intramolecular Hbond substituents is 1. The van der Waals surface area contributed by atoms with Gasteiger partial charge in [-0.25, -0.2) is 5.43 Å². The van der Waals surface area contributed by atoms with Crippen molar-refractivity contribution in [2.75, 3.05) is 11.9 Å². The Labute approximate surface area is 142 Å². The lowest BCUT2D eigenvalue weighted by Crippen LogP contribution is -2.25. The number of hydrazone groups is 1. The van der Waals surface area contributed by atoms with Crippen LogP contribution in [-0.4, -0.2) is 23.8 Å². The summed E-state index contributed by atoms with van der Waals surface area (Å²) in [5.41, 5.74) is 5.31. The third-order valence-corrected chi connectivity index (χ3v) is 3.74. The second-order valence-electron chi connectivity index (χ2n) is 4.72. The fourth-order valence-electron chi connectivity index (χ4n) is 1.68. The Morgan fingerprint density at radius 1 is 1.27 bits per heavy atom. The number of nitrogens with zero attached hydrogens (tertiary/aromatic N) is 1. The third kappa shape index (κ3) is 5.03. The Kier molecular flexibility index (Phi) is 5.76. The van der Waals surface area contributed by atoms with Crippen molar-refractivity contribution in [3.05, 3.63) is 57.2 Å². The number of benzene rings is 2. The van der Waals surface area contributed by atoms with Crippen molar-refractivity contribution in [1.29, 1.82) is 0 Å². The SMILES string of the molecule is Cc1ccc(NCC(=O)N/N=C/c2ccc(O)c(I)c2)cc1. The van der Waals surface area contributed by atoms with Crippen molar-refractivity contribution in [2.24, 2.45) is 5.10 Å². The molecular formula is C16H16IN3O2. The quantitative estimate of drug-likeness (QED) is 0.404. The van der Waals surface area contributed by atoms with Gasteiger partial charge in [0.1, 0.15) is 5.75 Å². The van der Waals surface area contributed by atoms with Gasteiger partial charge in [0.25, 0.3) is 5.91 Å². The minimum Gasteiger partial charge on any atom is -0.507 e. The molecule has 0 saturated carbocycles. The second-order valence-corrected chi connectivity index (χ2v) is 5.89. The molecule has 114 valence electrons. The first-order valence-electron chi connectivity index (χ1n) is 6.65. The van der Waals surface area contributed by atoms with E-state index in [0.717, 1.165) is 14.8 Å². The number of aromatic hydroxyl groups is 1. The first kappa shape index (κ1) is 16.3. The van der Waals surface area contributed by atoms with Crippen molar-refractivity contribution < 1.29 is 9.90 Å². The van der Waals surface area contributed by atoms with E-state index in [1.807, 2.05) is 53.8 Å². The van der Waals surface area contributed by atoms with Gasteiger partial charge in [-0.3, -0.25) is 4.79 Å². The average molecular weight is 409 g/mol. The molecule has 0 heterocycles. The monoisotopic (exact) mass is 409 g/mol. The Morgan fingerprint density at radius 2 is 2.00 bits per heavy atom. The summed E-state index contributed by atoms with van der Waals surface area (Å²) in [5.74, 6) is -0.00520. The van der Waals surface area contributed by atoms with Gasteiger partial charge in [-0.1, -0.05) is 17.7 Å². The fourth-order valence-corrected chi connectivity index (χ4v) is 2.21. The number of carbonyl (C=O) groups is 1. The van der Waals surface area contributed by atoms with Crippen LogP contribution < -0.4 is 10.7 Å². The van der Waals surface area contributed by atoms with Gasteiger partial charge in [0.15, 0.2) is 0 Å². The predicted molar refractivity (Wildman–Crippen MR) is 96.2 cm³/mol. The van der Waals surface area contributed by atoms with Crippen LogP contribution in [0.25, 0.3) is 0 Å². The minimum atomic E-state index is -0.231. The molecule has 0 aliphatic rings. The van der Waals surface area contributed by atoms with E-state index in [0.29, 0.717) is 0 Å². The summed E-state index contributed by atoms with van der Waals surface area (Å²) in [6, 6.07) is 12.9. The smallest absolute Gasteiger partial charge is 0.259 e. The molecule has 0 saturated heterocycles. The van der Waals surface area contributed by atoms with Gasteiger partial charge in [-0.15, -0.1) is 0 Å². The largest absolute Gasteiger partial charge is 0.507 e. The normalized spacial score (nSPS) is 10.6. The van der Waals surface area contributed by atoms with Crippen LogP contribution in [0.15, 0.2) is 47.6 Å². The third-order valence-electron chi connectivity index (χ3n) is 2.88. The van der Waals surface area contributed by atoms with Gasteiger partial charge < -0.3 is 10.4 Å². The maximum absolute atomic E-state index is 11.7. The zero-order valence-corrected chi connectivity index (χ0v) is 14.2. The van der Waals surface area contributed by atoms with E-state index in [2.05, 4.69) is 15.8 Å². The van der Waals surface area contributed by atoms with E-state index in [4.69, 9.17) is 0 Å². The summed E-state index contributed by atoms with van der Waals surface area (Å²) in [5, 5.41) is 16.3. The van der Waals surface area contributed by atoms with Gasteiger partial charge >= 0.3 is 0 Å². The first-order valence-corrected chi connectivity index (χ1v) is 7.73. The molecule has 2 aromatic rings. The standard InChI is InChI=1S/C16H16IN3O2/c1-11-2-5-13(6-3-11)18-10-16(22)20-19-9-12-4-7-15(21)14(17)8-12/h2-9,18,21H,10H2,1H3,(H,20,22)/b19-9+. The van der Waals surface area contributed by atoms with Crippen molar-refractivity contribution in [3.8, 4) is 5.75 Å². The van der Waals surface area contributed by atoms with Crippen LogP contribution in [0.3, 0.4) is 0 Å². The lowest BCUT2D eigenvalue weighted by Gasteiger charge is -2.05. The van der Waals surface area contributed by atoms with Crippen molar-refractivity contribution in [1.82, 2.24) is 5.43 Å². The average Bonchev–Trinajstić information content (AvgIpc) is 2.50. The molecule has 0 atom stereocenters. The van der Waals surface area contributed by atoms with Crippen LogP contribution >= 0.6 is 22.6 Å². The number of rotatable bonds is 5. The zero-order chi connectivity index (χ0) is 15.9. The highest BCUT2D eigenvalue weighted by atomic mass is 127. The van der Waals surface area contributed by atoms with Gasteiger partial charge in [-0.05, 0) is 65.4 Å². The summed E-state index contributed by atoms with van der Waals surface area (Å²) >= 11 is 2.03. The zero-order valence-electron chi connectivity index (χ0n) is 12.0. The number of phenols is 1. The maximum Gasteiger partial charge on any atom is 0.259 e. The number of hydrogen-bond donors (Lipinski definition) is 3. The molecule has 0 unspecified atom stereocenters. The highest BCUT2D eigenvalue weighted by Crippen LogP contribution is 2.19. The summed E-state index contributed by atoms with van der Waals surface area (Å²) < 4.78 is 0.730. The molecule has 3 N–H and O–H groups in total. The summed E-state index contributed by atoms with van der Waals surface area (Å²) in [7, 11) is 0. The lowest BCUT2D eigenvalue weighted by molar-refractivity contribution is -0.119. The molecule has 0 radical (unpaired) electrons. The van der Waals surface area contributed by atoms with Crippen molar-refractivity contribution in [2.45, 2.75) is 6.92 Å². The van der Waals surface area contributed by atoms with Crippen LogP contribution in [0.5, 0.6) is 5.75 Å². The highest BCUT2D eigenvalue weighted by Gasteiger charge is 2.00. The number of anilines is 1. The Bertz CT molecular complexity index is 684.